The fourth-order valence-electron chi connectivity index (χ4n) is 1.31. The largest absolute Gasteiger partial charge is 0.252 e. The zero-order chi connectivity index (χ0) is 10.8. The van der Waals surface area contributed by atoms with E-state index in [0.29, 0.717) is 5.82 Å². The van der Waals surface area contributed by atoms with E-state index in [9.17, 15) is 0 Å². The van der Waals surface area contributed by atoms with E-state index in [-0.39, 0.29) is 0 Å². The molecule has 3 aromatic rings. The number of thiazole rings is 1. The Labute approximate surface area is 95.4 Å². The van der Waals surface area contributed by atoms with Crippen molar-refractivity contribution in [3.05, 3.63) is 42.0 Å². The first-order valence-corrected chi connectivity index (χ1v) is 5.56. The molecule has 0 saturated carbocycles. The highest BCUT2D eigenvalue weighted by Crippen LogP contribution is 2.18. The average Bonchev–Trinajstić information content (AvgIpc) is 3.01. The maximum absolute atomic E-state index is 4.29. The highest BCUT2D eigenvalue weighted by atomic mass is 32.1. The molecule has 1 aromatic carbocycles. The lowest BCUT2D eigenvalue weighted by Crippen LogP contribution is -1.97. The van der Waals surface area contributed by atoms with Crippen molar-refractivity contribution in [2.45, 2.75) is 0 Å². The van der Waals surface area contributed by atoms with Crippen LogP contribution in [0.15, 0.2) is 42.0 Å². The summed E-state index contributed by atoms with van der Waals surface area (Å²) in [6.07, 6.45) is 1.73. The van der Waals surface area contributed by atoms with Crippen molar-refractivity contribution in [2.24, 2.45) is 0 Å². The van der Waals surface area contributed by atoms with Gasteiger partial charge >= 0.3 is 0 Å². The van der Waals surface area contributed by atoms with E-state index < -0.39 is 0 Å². The minimum atomic E-state index is 0.603. The smallest absolute Gasteiger partial charge is 0.216 e. The van der Waals surface area contributed by atoms with Gasteiger partial charge in [-0.3, -0.25) is 4.98 Å². The molecular weight excluding hydrogens is 222 g/mol. The predicted molar refractivity (Wildman–Crippen MR) is 60.3 cm³/mol. The topological polar surface area (TPSA) is 56.5 Å². The second-order valence-electron chi connectivity index (χ2n) is 3.10. The summed E-state index contributed by atoms with van der Waals surface area (Å²) in [5.74, 6) is 0.603. The van der Waals surface area contributed by atoms with Gasteiger partial charge in [0.25, 0.3) is 0 Å². The molecular formula is C10H7N5S. The Morgan fingerprint density at radius 2 is 2.00 bits per heavy atom. The van der Waals surface area contributed by atoms with Crippen LogP contribution in [-0.2, 0) is 0 Å². The summed E-state index contributed by atoms with van der Waals surface area (Å²) in [7, 11) is 0. The van der Waals surface area contributed by atoms with Gasteiger partial charge in [0.05, 0.1) is 16.1 Å². The Balaban J connectivity index is 2.00. The van der Waals surface area contributed by atoms with Crippen LogP contribution in [0.25, 0.3) is 16.4 Å². The maximum Gasteiger partial charge on any atom is 0.216 e. The van der Waals surface area contributed by atoms with Gasteiger partial charge in [-0.1, -0.05) is 18.2 Å². The Morgan fingerprint density at radius 1 is 1.12 bits per heavy atom. The molecule has 0 atom stereocenters. The normalized spacial score (nSPS) is 10.5. The van der Waals surface area contributed by atoms with Crippen molar-refractivity contribution in [1.29, 1.82) is 0 Å². The van der Waals surface area contributed by atoms with Gasteiger partial charge < -0.3 is 0 Å². The van der Waals surface area contributed by atoms with Crippen molar-refractivity contribution in [2.75, 3.05) is 0 Å². The van der Waals surface area contributed by atoms with Gasteiger partial charge in [0.1, 0.15) is 0 Å². The third-order valence-electron chi connectivity index (χ3n) is 2.05. The third kappa shape index (κ3) is 1.59. The lowest BCUT2D eigenvalue weighted by atomic mass is 10.3. The summed E-state index contributed by atoms with van der Waals surface area (Å²) in [4.78, 5) is 6.41. The van der Waals surface area contributed by atoms with E-state index >= 15 is 0 Å². The highest BCUT2D eigenvalue weighted by Gasteiger charge is 2.07. The van der Waals surface area contributed by atoms with E-state index in [0.717, 1.165) is 10.6 Å². The molecule has 0 N–H and O–H groups in total. The molecule has 2 aromatic heterocycles. The van der Waals surface area contributed by atoms with E-state index in [1.54, 1.807) is 11.7 Å². The van der Waals surface area contributed by atoms with Gasteiger partial charge in [-0.05, 0) is 17.3 Å². The lowest BCUT2D eigenvalue weighted by Gasteiger charge is -1.94. The van der Waals surface area contributed by atoms with Gasteiger partial charge in [-0.15, -0.1) is 26.3 Å². The molecule has 0 aliphatic rings. The molecule has 0 saturated heterocycles. The standard InChI is InChI=1S/C10H7N5S/c1-2-4-8(5-3-1)15-13-10(12-14-15)9-6-11-7-16-9/h1-7H. The van der Waals surface area contributed by atoms with Crippen LogP contribution in [0.4, 0.5) is 0 Å². The highest BCUT2D eigenvalue weighted by molar-refractivity contribution is 7.13. The molecule has 0 radical (unpaired) electrons. The van der Waals surface area contributed by atoms with Crippen molar-refractivity contribution in [1.82, 2.24) is 25.2 Å². The Bertz CT molecular complexity index is 572. The van der Waals surface area contributed by atoms with Crippen LogP contribution < -0.4 is 0 Å². The fraction of sp³-hybridized carbons (Fsp3) is 0. The molecule has 5 nitrogen and oxygen atoms in total. The quantitative estimate of drug-likeness (QED) is 0.672. The molecule has 2 heterocycles. The van der Waals surface area contributed by atoms with Crippen molar-refractivity contribution >= 4 is 11.3 Å². The van der Waals surface area contributed by atoms with Crippen molar-refractivity contribution in [3.63, 3.8) is 0 Å². The summed E-state index contributed by atoms with van der Waals surface area (Å²) < 4.78 is 0. The fourth-order valence-corrected chi connectivity index (χ4v) is 1.85. The Kier molecular flexibility index (Phi) is 2.19. The molecule has 3 rings (SSSR count). The zero-order valence-corrected chi connectivity index (χ0v) is 9.00. The molecule has 0 fully saturated rings. The van der Waals surface area contributed by atoms with Crippen LogP contribution in [-0.4, -0.2) is 25.2 Å². The number of hydrogen-bond donors (Lipinski definition) is 0. The first-order valence-electron chi connectivity index (χ1n) is 4.68. The molecule has 16 heavy (non-hydrogen) atoms. The summed E-state index contributed by atoms with van der Waals surface area (Å²) in [5, 5.41) is 12.3. The summed E-state index contributed by atoms with van der Waals surface area (Å²) in [6.45, 7) is 0. The minimum Gasteiger partial charge on any atom is -0.252 e. The van der Waals surface area contributed by atoms with Gasteiger partial charge in [-0.2, -0.15) is 0 Å². The van der Waals surface area contributed by atoms with E-state index in [2.05, 4.69) is 20.4 Å². The maximum atomic E-state index is 4.29. The molecule has 78 valence electrons. The minimum absolute atomic E-state index is 0.603. The van der Waals surface area contributed by atoms with Crippen LogP contribution >= 0.6 is 11.3 Å². The van der Waals surface area contributed by atoms with Gasteiger partial charge in [0, 0.05) is 6.20 Å². The summed E-state index contributed by atoms with van der Waals surface area (Å²) >= 11 is 1.50. The number of hydrogen-bond acceptors (Lipinski definition) is 5. The summed E-state index contributed by atoms with van der Waals surface area (Å²) in [5.41, 5.74) is 2.64. The molecule has 0 unspecified atom stereocenters. The van der Waals surface area contributed by atoms with Crippen LogP contribution in [0, 0.1) is 0 Å². The van der Waals surface area contributed by atoms with Crippen LogP contribution in [0.2, 0.25) is 0 Å². The van der Waals surface area contributed by atoms with Gasteiger partial charge in [-0.25, -0.2) is 0 Å². The lowest BCUT2D eigenvalue weighted by molar-refractivity contribution is 0.720. The third-order valence-corrected chi connectivity index (χ3v) is 2.82. The molecule has 6 heteroatoms. The Morgan fingerprint density at radius 3 is 2.75 bits per heavy atom. The molecule has 0 spiro atoms. The number of para-hydroxylation sites is 1. The average molecular weight is 229 g/mol. The van der Waals surface area contributed by atoms with Crippen LogP contribution in [0.5, 0.6) is 0 Å². The Hall–Kier alpha value is -2.08. The van der Waals surface area contributed by atoms with E-state index in [1.807, 2.05) is 30.3 Å². The SMILES string of the molecule is c1ccc(-n2nnc(-c3cncs3)n2)cc1. The van der Waals surface area contributed by atoms with E-state index in [1.165, 1.54) is 16.1 Å². The second-order valence-corrected chi connectivity index (χ2v) is 3.99. The number of tetrazole rings is 1. The van der Waals surface area contributed by atoms with Crippen molar-refractivity contribution < 1.29 is 0 Å². The number of benzene rings is 1. The van der Waals surface area contributed by atoms with Crippen molar-refractivity contribution in [3.8, 4) is 16.4 Å². The molecule has 0 aliphatic heterocycles. The first-order chi connectivity index (χ1) is 7.93. The van der Waals surface area contributed by atoms with E-state index in [4.69, 9.17) is 0 Å². The molecule has 0 aliphatic carbocycles. The predicted octanol–water partition coefficient (Wildman–Crippen LogP) is 1.79. The van der Waals surface area contributed by atoms with Gasteiger partial charge in [0.2, 0.25) is 5.82 Å². The number of aromatic nitrogens is 5. The monoisotopic (exact) mass is 229 g/mol. The second kappa shape index (κ2) is 3.82. The van der Waals surface area contributed by atoms with Gasteiger partial charge in [0.15, 0.2) is 0 Å². The number of rotatable bonds is 2. The van der Waals surface area contributed by atoms with Crippen LogP contribution in [0.3, 0.4) is 0 Å². The number of nitrogens with zero attached hydrogens (tertiary/aromatic N) is 5. The summed E-state index contributed by atoms with van der Waals surface area (Å²) in [6, 6.07) is 9.68. The molecule has 0 bridgehead atoms. The molecule has 0 amide bonds. The zero-order valence-electron chi connectivity index (χ0n) is 8.19. The first kappa shape index (κ1) is 9.17. The van der Waals surface area contributed by atoms with Crippen LogP contribution in [0.1, 0.15) is 0 Å².